The average molecular weight is 904 g/mol. The van der Waals surface area contributed by atoms with Crippen LogP contribution < -0.4 is 9.80 Å². The van der Waals surface area contributed by atoms with Gasteiger partial charge in [0.05, 0.1) is 18.4 Å². The lowest BCUT2D eigenvalue weighted by Crippen LogP contribution is -2.49. The molecule has 0 saturated carbocycles. The maximum absolute atomic E-state index is 12.3. The summed E-state index contributed by atoms with van der Waals surface area (Å²) < 4.78 is 16.2. The third-order valence-electron chi connectivity index (χ3n) is 11.6. The minimum atomic E-state index is -0.705. The van der Waals surface area contributed by atoms with E-state index in [0.717, 1.165) is 89.7 Å². The van der Waals surface area contributed by atoms with Crippen molar-refractivity contribution in [2.75, 3.05) is 94.9 Å². The molecule has 2 aromatic rings. The first kappa shape index (κ1) is 49.0. The monoisotopic (exact) mass is 902 g/mol. The predicted octanol–water partition coefficient (Wildman–Crippen LogP) is 7.87. The molecule has 4 saturated heterocycles. The van der Waals surface area contributed by atoms with Crippen molar-refractivity contribution >= 4 is 58.7 Å². The molecule has 0 bridgehead atoms. The number of carbonyl (C=O) groups is 4. The summed E-state index contributed by atoms with van der Waals surface area (Å²) >= 11 is 12.6. The normalized spacial score (nSPS) is 18.8. The molecule has 4 heterocycles. The average Bonchev–Trinajstić information content (AvgIpc) is 3.22. The van der Waals surface area contributed by atoms with Crippen LogP contribution in [-0.2, 0) is 36.9 Å². The summed E-state index contributed by atoms with van der Waals surface area (Å²) in [5.74, 6) is -1.07. The summed E-state index contributed by atoms with van der Waals surface area (Å²) in [6, 6.07) is 12.0. The summed E-state index contributed by atoms with van der Waals surface area (Å²) in [5, 5.41) is 10.6. The molecule has 2 aromatic carbocycles. The Morgan fingerprint density at radius 3 is 1.31 bits per heavy atom. The molecule has 0 unspecified atom stereocenters. The Labute approximate surface area is 378 Å². The van der Waals surface area contributed by atoms with Gasteiger partial charge in [0, 0.05) is 113 Å². The molecule has 4 aliphatic heterocycles. The van der Waals surface area contributed by atoms with E-state index in [4.69, 9.17) is 37.4 Å². The van der Waals surface area contributed by atoms with Crippen molar-refractivity contribution in [1.29, 1.82) is 0 Å². The molecule has 62 heavy (non-hydrogen) atoms. The molecule has 0 aromatic heterocycles. The summed E-state index contributed by atoms with van der Waals surface area (Å²) in [5.41, 5.74) is 3.65. The Bertz CT molecular complexity index is 1820. The molecule has 16 heteroatoms. The van der Waals surface area contributed by atoms with Crippen molar-refractivity contribution in [1.82, 2.24) is 19.6 Å². The van der Waals surface area contributed by atoms with Gasteiger partial charge in [0.2, 0.25) is 0 Å². The van der Waals surface area contributed by atoms with Crippen LogP contribution in [0, 0.1) is 11.8 Å². The van der Waals surface area contributed by atoms with Crippen molar-refractivity contribution in [3.05, 3.63) is 57.6 Å². The quantitative estimate of drug-likeness (QED) is 0.194. The second-order valence-corrected chi connectivity index (χ2v) is 19.5. The highest BCUT2D eigenvalue weighted by molar-refractivity contribution is 6.31. The number of anilines is 2. The van der Waals surface area contributed by atoms with Crippen molar-refractivity contribution < 1.29 is 38.5 Å². The van der Waals surface area contributed by atoms with Gasteiger partial charge in [-0.25, -0.2) is 9.59 Å². The molecule has 0 aliphatic carbocycles. The lowest BCUT2D eigenvalue weighted by atomic mass is 9.96. The molecule has 14 nitrogen and oxygen atoms in total. The van der Waals surface area contributed by atoms with Gasteiger partial charge in [0.25, 0.3) is 0 Å². The first-order valence-corrected chi connectivity index (χ1v) is 22.9. The van der Waals surface area contributed by atoms with Crippen LogP contribution in [-0.4, -0.2) is 145 Å². The zero-order valence-corrected chi connectivity index (χ0v) is 39.3. The Morgan fingerprint density at radius 1 is 0.597 bits per heavy atom. The number of benzene rings is 2. The molecule has 0 radical (unpaired) electrons. The third kappa shape index (κ3) is 14.8. The summed E-state index contributed by atoms with van der Waals surface area (Å²) in [6.07, 6.45) is 2.38. The van der Waals surface area contributed by atoms with Crippen molar-refractivity contribution in [2.45, 2.75) is 98.4 Å². The van der Waals surface area contributed by atoms with Crippen LogP contribution in [0.1, 0.15) is 85.3 Å². The number of amides is 2. The highest BCUT2D eigenvalue weighted by atomic mass is 35.5. The maximum Gasteiger partial charge on any atom is 0.410 e. The molecule has 4 fully saturated rings. The number of piperidine rings is 2. The lowest BCUT2D eigenvalue weighted by molar-refractivity contribution is -0.148. The number of carboxylic acid groups (broad SMARTS) is 1. The van der Waals surface area contributed by atoms with E-state index in [-0.39, 0.29) is 30.0 Å². The first-order valence-electron chi connectivity index (χ1n) is 22.1. The van der Waals surface area contributed by atoms with Gasteiger partial charge in [-0.3, -0.25) is 19.4 Å². The molecule has 6 rings (SSSR count). The molecule has 344 valence electrons. The van der Waals surface area contributed by atoms with Gasteiger partial charge in [-0.1, -0.05) is 35.3 Å². The van der Waals surface area contributed by atoms with E-state index in [0.29, 0.717) is 55.7 Å². The number of halogens is 2. The Hall–Kier alpha value is -3.98. The summed E-state index contributed by atoms with van der Waals surface area (Å²) in [7, 11) is 0. The smallest absolute Gasteiger partial charge is 0.410 e. The van der Waals surface area contributed by atoms with Crippen molar-refractivity contribution in [2.24, 2.45) is 11.8 Å². The second kappa shape index (κ2) is 22.1. The zero-order chi connectivity index (χ0) is 45.2. The van der Waals surface area contributed by atoms with Crippen LogP contribution in [0.4, 0.5) is 21.0 Å². The molecule has 0 atom stereocenters. The SMILES string of the molecule is CC(C)(C)OC(=O)N1CCN(Cc2ccc(Cl)cc2N2CCC(C(=O)O)CC2)CC1.CCOC(=O)C1CCN(c2cc(Cl)ccc2CN2CCN(C(=O)OC(C)(C)C)CC2)CC1. The Balaban J connectivity index is 0.000000235. The van der Waals surface area contributed by atoms with Gasteiger partial charge < -0.3 is 38.9 Å². The zero-order valence-electron chi connectivity index (χ0n) is 37.8. The van der Waals surface area contributed by atoms with E-state index in [9.17, 15) is 24.3 Å². The minimum Gasteiger partial charge on any atom is -0.481 e. The van der Waals surface area contributed by atoms with Gasteiger partial charge in [-0.05, 0) is 110 Å². The van der Waals surface area contributed by atoms with Crippen LogP contribution in [0.25, 0.3) is 0 Å². The molecular weight excluding hydrogens is 835 g/mol. The Kier molecular flexibility index (Phi) is 17.5. The fraction of sp³-hybridized carbons (Fsp3) is 0.652. The number of hydrogen-bond acceptors (Lipinski definition) is 11. The number of ether oxygens (including phenoxy) is 3. The lowest BCUT2D eigenvalue weighted by Gasteiger charge is -2.37. The number of rotatable bonds is 9. The molecule has 0 spiro atoms. The standard InChI is InChI=1S/C24H36ClN3O4.C22H32ClN3O4/c1-5-31-22(29)18-8-10-27(11-9-18)21-16-20(25)7-6-19(21)17-26-12-14-28(15-13-26)23(30)32-24(2,3)4;1-22(2,3)30-21(29)26-12-10-24(11-13-26)15-17-4-5-18(23)14-19(17)25-8-6-16(7-9-25)20(27)28/h6-7,16,18H,5,8-15,17H2,1-4H3;4-5,14,16H,6-13,15H2,1-3H3,(H,27,28). The maximum atomic E-state index is 12.3. The molecule has 4 aliphatic rings. The van der Waals surface area contributed by atoms with Gasteiger partial charge in [0.1, 0.15) is 11.2 Å². The number of hydrogen-bond donors (Lipinski definition) is 1. The van der Waals surface area contributed by atoms with Crippen molar-refractivity contribution in [3.8, 4) is 0 Å². The van der Waals surface area contributed by atoms with Gasteiger partial charge in [0.15, 0.2) is 0 Å². The highest BCUT2D eigenvalue weighted by Gasteiger charge is 2.31. The van der Waals surface area contributed by atoms with E-state index in [1.165, 1.54) is 11.1 Å². The molecular formula is C46H68Cl2N6O8. The van der Waals surface area contributed by atoms with Crippen LogP contribution in [0.2, 0.25) is 10.0 Å². The van der Waals surface area contributed by atoms with Gasteiger partial charge in [-0.2, -0.15) is 0 Å². The van der Waals surface area contributed by atoms with Crippen LogP contribution in [0.3, 0.4) is 0 Å². The van der Waals surface area contributed by atoms with E-state index >= 15 is 0 Å². The fourth-order valence-electron chi connectivity index (χ4n) is 8.23. The number of carboxylic acids is 1. The van der Waals surface area contributed by atoms with Gasteiger partial charge in [-0.15, -0.1) is 0 Å². The second-order valence-electron chi connectivity index (χ2n) is 18.6. The van der Waals surface area contributed by atoms with Crippen LogP contribution in [0.15, 0.2) is 36.4 Å². The first-order chi connectivity index (χ1) is 29.3. The third-order valence-corrected chi connectivity index (χ3v) is 12.0. The van der Waals surface area contributed by atoms with E-state index in [1.54, 1.807) is 9.80 Å². The van der Waals surface area contributed by atoms with E-state index in [1.807, 2.05) is 72.7 Å². The van der Waals surface area contributed by atoms with Gasteiger partial charge >= 0.3 is 24.1 Å². The summed E-state index contributed by atoms with van der Waals surface area (Å²) in [6.45, 7) is 23.9. The van der Waals surface area contributed by atoms with Crippen LogP contribution in [0.5, 0.6) is 0 Å². The van der Waals surface area contributed by atoms with Crippen LogP contribution >= 0.6 is 23.2 Å². The fourth-order valence-corrected chi connectivity index (χ4v) is 8.56. The number of esters is 1. The summed E-state index contributed by atoms with van der Waals surface area (Å²) in [4.78, 5) is 60.7. The highest BCUT2D eigenvalue weighted by Crippen LogP contribution is 2.32. The van der Waals surface area contributed by atoms with Crippen molar-refractivity contribution in [3.63, 3.8) is 0 Å². The predicted molar refractivity (Wildman–Crippen MR) is 243 cm³/mol. The topological polar surface area (TPSA) is 136 Å². The van der Waals surface area contributed by atoms with E-state index in [2.05, 4.69) is 31.7 Å². The largest absolute Gasteiger partial charge is 0.481 e. The number of nitrogens with zero attached hydrogens (tertiary/aromatic N) is 6. The Morgan fingerprint density at radius 2 is 0.968 bits per heavy atom. The molecule has 1 N–H and O–H groups in total. The minimum absolute atomic E-state index is 0.0187. The number of piperazine rings is 2. The number of aliphatic carboxylic acids is 1. The van der Waals surface area contributed by atoms with E-state index < -0.39 is 17.2 Å². The number of carbonyl (C=O) groups excluding carboxylic acids is 3. The molecule has 2 amide bonds.